The third-order valence-electron chi connectivity index (χ3n) is 5.85. The Morgan fingerprint density at radius 3 is 2.73 bits per heavy atom. The minimum absolute atomic E-state index is 0.0267. The fourth-order valence-electron chi connectivity index (χ4n) is 4.24. The maximum atomic E-state index is 13.2. The lowest BCUT2D eigenvalue weighted by atomic mass is 9.96. The standard InChI is InChI=1S/C24H28N2O3S/c1-2-11-25-12-13-26(24(28)21-5-3-14-29-21)17-20(23(25)27)16-18-7-9-19(10-8-18)22-6-4-15-30-22/h2,4,6-10,15,20-21H,1,3,5,11-14,16-17H2/t20-,21-/m1/s1. The molecule has 2 atom stereocenters. The first-order chi connectivity index (χ1) is 14.7. The van der Waals surface area contributed by atoms with Crippen LogP contribution in [0.2, 0.25) is 0 Å². The molecule has 3 heterocycles. The molecule has 0 bridgehead atoms. The molecule has 0 saturated carbocycles. The molecule has 5 nitrogen and oxygen atoms in total. The van der Waals surface area contributed by atoms with Gasteiger partial charge in [0.15, 0.2) is 0 Å². The van der Waals surface area contributed by atoms with E-state index in [0.29, 0.717) is 39.2 Å². The smallest absolute Gasteiger partial charge is 0.251 e. The molecule has 4 rings (SSSR count). The largest absolute Gasteiger partial charge is 0.368 e. The predicted molar refractivity (Wildman–Crippen MR) is 119 cm³/mol. The van der Waals surface area contributed by atoms with Crippen LogP contribution in [0.25, 0.3) is 10.4 Å². The van der Waals surface area contributed by atoms with Crippen molar-refractivity contribution in [1.29, 1.82) is 0 Å². The van der Waals surface area contributed by atoms with Gasteiger partial charge < -0.3 is 14.5 Å². The van der Waals surface area contributed by atoms with Crippen LogP contribution in [-0.4, -0.2) is 60.5 Å². The molecule has 2 saturated heterocycles. The number of nitrogens with zero attached hydrogens (tertiary/aromatic N) is 2. The molecule has 1 aromatic heterocycles. The van der Waals surface area contributed by atoms with Crippen LogP contribution in [0.4, 0.5) is 0 Å². The van der Waals surface area contributed by atoms with Crippen molar-refractivity contribution in [3.63, 3.8) is 0 Å². The van der Waals surface area contributed by atoms with E-state index in [0.717, 1.165) is 18.4 Å². The van der Waals surface area contributed by atoms with Crippen molar-refractivity contribution in [2.24, 2.45) is 5.92 Å². The number of hydrogen-bond acceptors (Lipinski definition) is 4. The molecule has 0 unspecified atom stereocenters. The van der Waals surface area contributed by atoms with E-state index in [-0.39, 0.29) is 23.8 Å². The highest BCUT2D eigenvalue weighted by Gasteiger charge is 2.35. The summed E-state index contributed by atoms with van der Waals surface area (Å²) >= 11 is 1.72. The summed E-state index contributed by atoms with van der Waals surface area (Å²) in [6.07, 6.45) is 3.71. The van der Waals surface area contributed by atoms with E-state index < -0.39 is 0 Å². The molecule has 2 aliphatic heterocycles. The normalized spacial score (nSPS) is 22.2. The SMILES string of the molecule is C=CCN1CCN(C(=O)[C@H]2CCCO2)C[C@@H](Cc2ccc(-c3cccs3)cc2)C1=O. The van der Waals surface area contributed by atoms with E-state index in [9.17, 15) is 9.59 Å². The lowest BCUT2D eigenvalue weighted by Gasteiger charge is -2.25. The molecule has 2 amide bonds. The van der Waals surface area contributed by atoms with Crippen LogP contribution in [0.1, 0.15) is 18.4 Å². The first-order valence-corrected chi connectivity index (χ1v) is 11.5. The van der Waals surface area contributed by atoms with Crippen molar-refractivity contribution in [3.05, 3.63) is 60.0 Å². The Morgan fingerprint density at radius 1 is 1.23 bits per heavy atom. The monoisotopic (exact) mass is 424 g/mol. The molecule has 6 heteroatoms. The third-order valence-corrected chi connectivity index (χ3v) is 6.77. The minimum atomic E-state index is -0.350. The summed E-state index contributed by atoms with van der Waals surface area (Å²) in [7, 11) is 0. The van der Waals surface area contributed by atoms with Crippen LogP contribution in [0, 0.1) is 5.92 Å². The molecule has 1 aromatic carbocycles. The summed E-state index contributed by atoms with van der Waals surface area (Å²) in [5.41, 5.74) is 2.29. The highest BCUT2D eigenvalue weighted by molar-refractivity contribution is 7.13. The zero-order chi connectivity index (χ0) is 20.9. The molecule has 0 spiro atoms. The van der Waals surface area contributed by atoms with Crippen LogP contribution in [0.5, 0.6) is 0 Å². The average Bonchev–Trinajstić information content (AvgIpc) is 3.46. The Morgan fingerprint density at radius 2 is 2.07 bits per heavy atom. The second-order valence-electron chi connectivity index (χ2n) is 7.93. The highest BCUT2D eigenvalue weighted by atomic mass is 32.1. The molecular weight excluding hydrogens is 396 g/mol. The second-order valence-corrected chi connectivity index (χ2v) is 8.88. The lowest BCUT2D eigenvalue weighted by Crippen LogP contribution is -2.42. The van der Waals surface area contributed by atoms with E-state index in [2.05, 4.69) is 42.3 Å². The van der Waals surface area contributed by atoms with Gasteiger partial charge in [0.05, 0.1) is 5.92 Å². The summed E-state index contributed by atoms with van der Waals surface area (Å²) in [6.45, 7) is 6.47. The summed E-state index contributed by atoms with van der Waals surface area (Å²) < 4.78 is 5.61. The van der Waals surface area contributed by atoms with Crippen LogP contribution in [-0.2, 0) is 20.7 Å². The van der Waals surface area contributed by atoms with Crippen molar-refractivity contribution < 1.29 is 14.3 Å². The number of thiophene rings is 1. The van der Waals surface area contributed by atoms with Gasteiger partial charge in [-0.3, -0.25) is 9.59 Å². The summed E-state index contributed by atoms with van der Waals surface area (Å²) in [6, 6.07) is 12.6. The van der Waals surface area contributed by atoms with Gasteiger partial charge >= 0.3 is 0 Å². The molecule has 158 valence electrons. The molecular formula is C24H28N2O3S. The first kappa shape index (κ1) is 20.8. The van der Waals surface area contributed by atoms with Crippen molar-refractivity contribution in [2.45, 2.75) is 25.4 Å². The quantitative estimate of drug-likeness (QED) is 0.666. The summed E-state index contributed by atoms with van der Waals surface area (Å²) in [5.74, 6) is -0.135. The van der Waals surface area contributed by atoms with Crippen molar-refractivity contribution in [1.82, 2.24) is 9.80 Å². The molecule has 0 radical (unpaired) electrons. The number of carbonyl (C=O) groups excluding carboxylic acids is 2. The van der Waals surface area contributed by atoms with Gasteiger partial charge in [0, 0.05) is 37.7 Å². The van der Waals surface area contributed by atoms with Crippen LogP contribution < -0.4 is 0 Å². The van der Waals surface area contributed by atoms with E-state index in [4.69, 9.17) is 4.74 Å². The molecule has 2 fully saturated rings. The van der Waals surface area contributed by atoms with Crippen molar-refractivity contribution >= 4 is 23.2 Å². The van der Waals surface area contributed by atoms with Gasteiger partial charge in [0.1, 0.15) is 6.10 Å². The second kappa shape index (κ2) is 9.58. The number of amides is 2. The van der Waals surface area contributed by atoms with E-state index in [1.54, 1.807) is 17.4 Å². The minimum Gasteiger partial charge on any atom is -0.368 e. The fraction of sp³-hybridized carbons (Fsp3) is 0.417. The Balaban J connectivity index is 1.50. The van der Waals surface area contributed by atoms with Gasteiger partial charge in [0.25, 0.3) is 5.91 Å². The summed E-state index contributed by atoms with van der Waals surface area (Å²) in [4.78, 5) is 31.0. The molecule has 2 aromatic rings. The van der Waals surface area contributed by atoms with Crippen LogP contribution in [0.15, 0.2) is 54.4 Å². The van der Waals surface area contributed by atoms with Gasteiger partial charge in [-0.15, -0.1) is 17.9 Å². The Hall–Kier alpha value is -2.44. The first-order valence-electron chi connectivity index (χ1n) is 10.6. The maximum absolute atomic E-state index is 13.2. The van der Waals surface area contributed by atoms with E-state index >= 15 is 0 Å². The molecule has 2 aliphatic rings. The van der Waals surface area contributed by atoms with E-state index in [1.807, 2.05) is 15.9 Å². The van der Waals surface area contributed by atoms with Crippen molar-refractivity contribution in [3.8, 4) is 10.4 Å². The zero-order valence-electron chi connectivity index (χ0n) is 17.2. The van der Waals surface area contributed by atoms with Gasteiger partial charge in [-0.05, 0) is 41.8 Å². The average molecular weight is 425 g/mol. The lowest BCUT2D eigenvalue weighted by molar-refractivity contribution is -0.141. The fourth-order valence-corrected chi connectivity index (χ4v) is 4.98. The molecule has 0 aliphatic carbocycles. The summed E-state index contributed by atoms with van der Waals surface area (Å²) in [5, 5.41) is 2.07. The van der Waals surface area contributed by atoms with Crippen molar-refractivity contribution in [2.75, 3.05) is 32.8 Å². The van der Waals surface area contributed by atoms with Gasteiger partial charge in [0.2, 0.25) is 5.91 Å². The number of carbonyl (C=O) groups is 2. The number of hydrogen-bond donors (Lipinski definition) is 0. The molecule has 30 heavy (non-hydrogen) atoms. The van der Waals surface area contributed by atoms with Crippen LogP contribution in [0.3, 0.4) is 0 Å². The predicted octanol–water partition coefficient (Wildman–Crippen LogP) is 3.61. The third kappa shape index (κ3) is 4.65. The van der Waals surface area contributed by atoms with Gasteiger partial charge in [-0.25, -0.2) is 0 Å². The van der Waals surface area contributed by atoms with Gasteiger partial charge in [-0.1, -0.05) is 36.4 Å². The maximum Gasteiger partial charge on any atom is 0.251 e. The number of benzene rings is 1. The van der Waals surface area contributed by atoms with Gasteiger partial charge in [-0.2, -0.15) is 0 Å². The Bertz CT molecular complexity index is 872. The Labute approximate surface area is 181 Å². The zero-order valence-corrected chi connectivity index (χ0v) is 18.0. The Kier molecular flexibility index (Phi) is 6.65. The number of rotatable bonds is 6. The highest BCUT2D eigenvalue weighted by Crippen LogP contribution is 2.26. The number of ether oxygens (including phenoxy) is 1. The topological polar surface area (TPSA) is 49.9 Å². The molecule has 0 N–H and O–H groups in total. The van der Waals surface area contributed by atoms with Crippen LogP contribution >= 0.6 is 11.3 Å². The van der Waals surface area contributed by atoms with E-state index in [1.165, 1.54) is 10.4 Å².